The third kappa shape index (κ3) is 2.63. The molecule has 0 heterocycles. The lowest BCUT2D eigenvalue weighted by molar-refractivity contribution is -0.0589. The molecule has 0 rings (SSSR count). The molecule has 0 N–H and O–H groups in total. The van der Waals surface area contributed by atoms with Gasteiger partial charge in [0.15, 0.2) is 0 Å². The normalized spacial score (nSPS) is 18.4. The van der Waals surface area contributed by atoms with Crippen molar-refractivity contribution in [3.63, 3.8) is 0 Å². The lowest BCUT2D eigenvalue weighted by atomic mass is 9.50. The zero-order valence-corrected chi connectivity index (χ0v) is 13.4. The van der Waals surface area contributed by atoms with Crippen LogP contribution in [0.4, 0.5) is 0 Å². The van der Waals surface area contributed by atoms with Crippen molar-refractivity contribution in [2.75, 3.05) is 0 Å². The molecule has 0 heteroatoms. The van der Waals surface area contributed by atoms with E-state index in [-0.39, 0.29) is 0 Å². The minimum atomic E-state index is 0.336. The van der Waals surface area contributed by atoms with Crippen LogP contribution in [0.3, 0.4) is 0 Å². The quantitative estimate of drug-likeness (QED) is 0.571. The van der Waals surface area contributed by atoms with E-state index < -0.39 is 0 Å². The average molecular weight is 226 g/mol. The maximum absolute atomic E-state index is 2.45. The predicted molar refractivity (Wildman–Crippen MR) is 75.6 cm³/mol. The summed E-state index contributed by atoms with van der Waals surface area (Å²) < 4.78 is 0. The minimum absolute atomic E-state index is 0.336. The van der Waals surface area contributed by atoms with E-state index in [1.54, 1.807) is 0 Å². The highest BCUT2D eigenvalue weighted by Gasteiger charge is 2.48. The molecule has 98 valence electrons. The molecular formula is C16H34. The first-order chi connectivity index (χ1) is 6.89. The van der Waals surface area contributed by atoms with Crippen LogP contribution in [0.1, 0.15) is 75.7 Å². The van der Waals surface area contributed by atoms with Crippen LogP contribution in [0.15, 0.2) is 0 Å². The molecule has 16 heavy (non-hydrogen) atoms. The van der Waals surface area contributed by atoms with E-state index in [9.17, 15) is 0 Å². The van der Waals surface area contributed by atoms with Crippen LogP contribution in [0.2, 0.25) is 0 Å². The molecule has 2 unspecified atom stereocenters. The van der Waals surface area contributed by atoms with Gasteiger partial charge in [-0.25, -0.2) is 0 Å². The Bertz CT molecular complexity index is 215. The van der Waals surface area contributed by atoms with Gasteiger partial charge in [0.1, 0.15) is 0 Å². The molecule has 0 aliphatic carbocycles. The molecule has 0 saturated heterocycles. The Kier molecular flexibility index (Phi) is 4.70. The molecule has 0 fully saturated rings. The smallest absolute Gasteiger partial charge is 0.0252 e. The van der Waals surface area contributed by atoms with Gasteiger partial charge in [-0.3, -0.25) is 0 Å². The zero-order valence-electron chi connectivity index (χ0n) is 13.4. The molecule has 0 aliphatic heterocycles. The van der Waals surface area contributed by atoms with E-state index in [2.05, 4.69) is 69.2 Å². The lowest BCUT2D eigenvalue weighted by Crippen LogP contribution is -2.47. The highest BCUT2D eigenvalue weighted by molar-refractivity contribution is 4.97. The second-order valence-electron chi connectivity index (χ2n) is 7.77. The van der Waals surface area contributed by atoms with Crippen LogP contribution in [0, 0.1) is 28.1 Å². The molecular weight excluding hydrogens is 192 g/mol. The van der Waals surface area contributed by atoms with Gasteiger partial charge in [0.25, 0.3) is 0 Å². The van der Waals surface area contributed by atoms with Crippen molar-refractivity contribution in [1.29, 1.82) is 0 Å². The minimum Gasteiger partial charge on any atom is -0.0651 e. The van der Waals surface area contributed by atoms with Gasteiger partial charge in [-0.15, -0.1) is 0 Å². The summed E-state index contributed by atoms with van der Waals surface area (Å²) in [4.78, 5) is 0. The van der Waals surface area contributed by atoms with E-state index in [1.165, 1.54) is 6.42 Å². The van der Waals surface area contributed by atoms with Gasteiger partial charge in [0, 0.05) is 0 Å². The lowest BCUT2D eigenvalue weighted by Gasteiger charge is -2.55. The van der Waals surface area contributed by atoms with E-state index in [0.29, 0.717) is 16.2 Å². The van der Waals surface area contributed by atoms with Crippen LogP contribution in [0.5, 0.6) is 0 Å². The topological polar surface area (TPSA) is 0 Å². The van der Waals surface area contributed by atoms with Crippen molar-refractivity contribution in [1.82, 2.24) is 0 Å². The fraction of sp³-hybridized carbons (Fsp3) is 1.00. The first-order valence-corrected chi connectivity index (χ1v) is 6.89. The zero-order chi connectivity index (χ0) is 13.4. The van der Waals surface area contributed by atoms with Crippen LogP contribution < -0.4 is 0 Å². The summed E-state index contributed by atoms with van der Waals surface area (Å²) in [5.41, 5.74) is 1.04. The van der Waals surface area contributed by atoms with E-state index in [1.807, 2.05) is 0 Å². The molecule has 0 saturated carbocycles. The fourth-order valence-electron chi connectivity index (χ4n) is 2.60. The molecule has 0 amide bonds. The van der Waals surface area contributed by atoms with Crippen LogP contribution in [-0.4, -0.2) is 0 Å². The first kappa shape index (κ1) is 16.0. The summed E-state index contributed by atoms with van der Waals surface area (Å²) >= 11 is 0. The summed E-state index contributed by atoms with van der Waals surface area (Å²) in [6.07, 6.45) is 1.28. The summed E-state index contributed by atoms with van der Waals surface area (Å²) in [5, 5.41) is 0. The Balaban J connectivity index is 5.19. The Morgan fingerprint density at radius 1 is 0.812 bits per heavy atom. The van der Waals surface area contributed by atoms with Gasteiger partial charge in [-0.1, -0.05) is 75.7 Å². The largest absolute Gasteiger partial charge is 0.0651 e. The molecule has 0 aromatic rings. The first-order valence-electron chi connectivity index (χ1n) is 6.89. The number of hydrogen-bond donors (Lipinski definition) is 0. The Morgan fingerprint density at radius 2 is 1.19 bits per heavy atom. The summed E-state index contributed by atoms with van der Waals surface area (Å²) in [7, 11) is 0. The van der Waals surface area contributed by atoms with Gasteiger partial charge in [0.05, 0.1) is 0 Å². The van der Waals surface area contributed by atoms with Crippen LogP contribution in [-0.2, 0) is 0 Å². The second kappa shape index (κ2) is 4.70. The molecule has 0 aliphatic rings. The molecule has 0 nitrogen and oxygen atoms in total. The van der Waals surface area contributed by atoms with Crippen molar-refractivity contribution in [3.05, 3.63) is 0 Å². The van der Waals surface area contributed by atoms with Gasteiger partial charge in [0.2, 0.25) is 0 Å². The molecule has 2 atom stereocenters. The van der Waals surface area contributed by atoms with Crippen molar-refractivity contribution in [2.45, 2.75) is 75.7 Å². The van der Waals surface area contributed by atoms with E-state index >= 15 is 0 Å². The predicted octanol–water partition coefficient (Wildman–Crippen LogP) is 5.77. The highest BCUT2D eigenvalue weighted by Crippen LogP contribution is 2.56. The van der Waals surface area contributed by atoms with E-state index in [0.717, 1.165) is 11.8 Å². The molecule has 0 aromatic carbocycles. The average Bonchev–Trinajstić information content (AvgIpc) is 2.13. The Morgan fingerprint density at radius 3 is 1.44 bits per heavy atom. The summed E-state index contributed by atoms with van der Waals surface area (Å²) in [6, 6.07) is 0. The molecule has 0 spiro atoms. The highest BCUT2D eigenvalue weighted by atomic mass is 14.5. The second-order valence-corrected chi connectivity index (χ2v) is 7.77. The van der Waals surface area contributed by atoms with Crippen molar-refractivity contribution < 1.29 is 0 Å². The Labute approximate surface area is 104 Å². The standard InChI is InChI=1S/C16H34/c1-11-12(2)13(3)15(7,8)16(9,10)14(4,5)6/h12-13H,11H2,1-10H3. The fourth-order valence-corrected chi connectivity index (χ4v) is 2.60. The number of hydrogen-bond acceptors (Lipinski definition) is 0. The third-order valence-corrected chi connectivity index (χ3v) is 6.12. The van der Waals surface area contributed by atoms with Crippen molar-refractivity contribution in [3.8, 4) is 0 Å². The van der Waals surface area contributed by atoms with Crippen molar-refractivity contribution >= 4 is 0 Å². The third-order valence-electron chi connectivity index (χ3n) is 6.12. The monoisotopic (exact) mass is 226 g/mol. The van der Waals surface area contributed by atoms with Gasteiger partial charge in [-0.05, 0) is 28.1 Å². The SMILES string of the molecule is CCC(C)C(C)C(C)(C)C(C)(C)C(C)(C)C. The van der Waals surface area contributed by atoms with Crippen molar-refractivity contribution in [2.24, 2.45) is 28.1 Å². The maximum atomic E-state index is 2.45. The Hall–Kier alpha value is 0. The number of rotatable bonds is 4. The maximum Gasteiger partial charge on any atom is -0.0252 e. The molecule has 0 aromatic heterocycles. The van der Waals surface area contributed by atoms with Gasteiger partial charge in [-0.2, -0.15) is 0 Å². The summed E-state index contributed by atoms with van der Waals surface area (Å²) in [6.45, 7) is 24.0. The molecule has 0 bridgehead atoms. The van der Waals surface area contributed by atoms with Gasteiger partial charge >= 0.3 is 0 Å². The molecule has 0 radical (unpaired) electrons. The van der Waals surface area contributed by atoms with Crippen LogP contribution in [0.25, 0.3) is 0 Å². The van der Waals surface area contributed by atoms with Crippen LogP contribution >= 0.6 is 0 Å². The van der Waals surface area contributed by atoms with E-state index in [4.69, 9.17) is 0 Å². The van der Waals surface area contributed by atoms with Gasteiger partial charge < -0.3 is 0 Å². The summed E-state index contributed by atoms with van der Waals surface area (Å²) in [5.74, 6) is 1.56.